The van der Waals surface area contributed by atoms with Crippen molar-refractivity contribution in [1.29, 1.82) is 0 Å². The number of amides is 1. The third kappa shape index (κ3) is 7.19. The summed E-state index contributed by atoms with van der Waals surface area (Å²) in [6.07, 6.45) is 11.0. The molecule has 2 fully saturated rings. The topological polar surface area (TPSA) is 139 Å². The second-order valence-electron chi connectivity index (χ2n) is 10.7. The summed E-state index contributed by atoms with van der Waals surface area (Å²) in [5.74, 6) is 0.00135. The van der Waals surface area contributed by atoms with Crippen molar-refractivity contribution in [2.45, 2.75) is 76.1 Å². The fraction of sp³-hybridized carbons (Fsp3) is 0.536. The number of likely N-dealkylation sites (tertiary alicyclic amines) is 1. The number of pyridine rings is 1. The van der Waals surface area contributed by atoms with Gasteiger partial charge in [-0.05, 0) is 65.1 Å². The van der Waals surface area contributed by atoms with Gasteiger partial charge in [0.1, 0.15) is 5.69 Å². The lowest BCUT2D eigenvalue weighted by atomic mass is 9.86. The number of ether oxygens (including phenoxy) is 1. The Morgan fingerprint density at radius 2 is 2.00 bits per heavy atom. The van der Waals surface area contributed by atoms with Crippen LogP contribution in [0.1, 0.15) is 74.3 Å². The van der Waals surface area contributed by atoms with Gasteiger partial charge in [0.2, 0.25) is 15.9 Å². The fourth-order valence-electron chi connectivity index (χ4n) is 5.29. The molecule has 1 aliphatic carbocycles. The third-order valence-electron chi connectivity index (χ3n) is 7.44. The smallest absolute Gasteiger partial charge is 0.280 e. The Hall–Kier alpha value is -3.16. The number of rotatable bonds is 12. The van der Waals surface area contributed by atoms with Crippen LogP contribution in [0.15, 0.2) is 36.9 Å². The first-order valence-corrected chi connectivity index (χ1v) is 16.5. The van der Waals surface area contributed by atoms with Crippen LogP contribution in [0.2, 0.25) is 0 Å². The lowest BCUT2D eigenvalue weighted by molar-refractivity contribution is 0.0842. The summed E-state index contributed by atoms with van der Waals surface area (Å²) in [5, 5.41) is 3.09. The van der Waals surface area contributed by atoms with Gasteiger partial charge in [0.15, 0.2) is 5.01 Å². The maximum atomic E-state index is 13.3. The predicted molar refractivity (Wildman–Crippen MR) is 159 cm³/mol. The lowest BCUT2D eigenvalue weighted by Gasteiger charge is -2.42. The van der Waals surface area contributed by atoms with Crippen molar-refractivity contribution in [3.05, 3.63) is 47.6 Å². The van der Waals surface area contributed by atoms with E-state index in [4.69, 9.17) is 4.74 Å². The van der Waals surface area contributed by atoms with Crippen LogP contribution in [0.25, 0.3) is 10.6 Å². The monoisotopic (exact) mass is 599 g/mol. The van der Waals surface area contributed by atoms with Crippen molar-refractivity contribution >= 4 is 33.0 Å². The van der Waals surface area contributed by atoms with Gasteiger partial charge in [-0.15, -0.1) is 11.3 Å². The molecule has 1 aliphatic heterocycles. The number of carbonyl (C=O) groups is 1. The summed E-state index contributed by atoms with van der Waals surface area (Å²) in [5.41, 5.74) is 1.85. The average molecular weight is 600 g/mol. The minimum absolute atomic E-state index is 0.139. The van der Waals surface area contributed by atoms with Gasteiger partial charge in [-0.25, -0.2) is 18.4 Å². The SMILES string of the molecule is CCOc1cncc(-c2cnc(C(=O)NC[C@@H](c3cc(NS(=O)(=O)C4CC4)ccn3)[C@@H]3CCCCN3C(C)C)s2)n1. The Balaban J connectivity index is 1.35. The highest BCUT2D eigenvalue weighted by molar-refractivity contribution is 7.93. The highest BCUT2D eigenvalue weighted by Crippen LogP contribution is 2.34. The molecule has 13 heteroatoms. The molecule has 1 saturated carbocycles. The molecule has 4 heterocycles. The molecule has 220 valence electrons. The highest BCUT2D eigenvalue weighted by Gasteiger charge is 2.37. The zero-order chi connectivity index (χ0) is 29.0. The second-order valence-corrected chi connectivity index (χ2v) is 13.7. The minimum Gasteiger partial charge on any atom is -0.477 e. The fourth-order valence-corrected chi connectivity index (χ4v) is 7.46. The second kappa shape index (κ2) is 12.8. The molecular weight excluding hydrogens is 562 g/mol. The Kier molecular flexibility index (Phi) is 9.15. The largest absolute Gasteiger partial charge is 0.477 e. The molecule has 2 aliphatic rings. The highest BCUT2D eigenvalue weighted by atomic mass is 32.2. The molecule has 1 saturated heterocycles. The van der Waals surface area contributed by atoms with Crippen LogP contribution in [0.3, 0.4) is 0 Å². The molecule has 0 spiro atoms. The molecule has 0 radical (unpaired) electrons. The van der Waals surface area contributed by atoms with Gasteiger partial charge in [-0.1, -0.05) is 6.42 Å². The zero-order valence-electron chi connectivity index (χ0n) is 23.6. The van der Waals surface area contributed by atoms with Gasteiger partial charge >= 0.3 is 0 Å². The molecule has 3 aromatic rings. The summed E-state index contributed by atoms with van der Waals surface area (Å²) in [7, 11) is -3.40. The minimum atomic E-state index is -3.40. The van der Waals surface area contributed by atoms with Gasteiger partial charge in [-0.2, -0.15) is 0 Å². The number of piperidine rings is 1. The summed E-state index contributed by atoms with van der Waals surface area (Å²) in [6.45, 7) is 8.04. The Labute approximate surface area is 245 Å². The Morgan fingerprint density at radius 1 is 1.17 bits per heavy atom. The molecule has 2 N–H and O–H groups in total. The number of nitrogens with one attached hydrogen (secondary N) is 2. The van der Waals surface area contributed by atoms with Crippen LogP contribution < -0.4 is 14.8 Å². The number of anilines is 1. The van der Waals surface area contributed by atoms with Gasteiger partial charge in [-0.3, -0.25) is 24.4 Å². The standard InChI is InChI=1S/C28H37N7O4S2/c1-4-39-26-17-29-15-23(33-26)25-16-32-28(40-25)27(36)31-14-21(24-7-5-6-12-35(24)18(2)3)22-13-19(10-11-30-22)34-41(37,38)20-8-9-20/h10-11,13,15-18,20-21,24H,4-9,12,14H2,1-3H3,(H,30,34)(H,31,36)/t21-,24-/m0/s1. The number of thiazole rings is 1. The van der Waals surface area contributed by atoms with Gasteiger partial charge in [0, 0.05) is 42.6 Å². The van der Waals surface area contributed by atoms with E-state index in [1.54, 1.807) is 30.9 Å². The Morgan fingerprint density at radius 3 is 2.76 bits per heavy atom. The summed E-state index contributed by atoms with van der Waals surface area (Å²) >= 11 is 1.24. The van der Waals surface area contributed by atoms with E-state index in [9.17, 15) is 13.2 Å². The molecule has 1 amide bonds. The number of carbonyl (C=O) groups excluding carboxylic acids is 1. The molecule has 2 atom stereocenters. The number of hydrogen-bond donors (Lipinski definition) is 2. The molecule has 5 rings (SSSR count). The molecule has 11 nitrogen and oxygen atoms in total. The first kappa shape index (κ1) is 29.3. The van der Waals surface area contributed by atoms with Gasteiger partial charge < -0.3 is 10.1 Å². The van der Waals surface area contributed by atoms with Crippen molar-refractivity contribution in [3.8, 4) is 16.5 Å². The molecule has 3 aromatic heterocycles. The summed E-state index contributed by atoms with van der Waals surface area (Å²) in [4.78, 5) is 34.1. The van der Waals surface area contributed by atoms with Crippen LogP contribution >= 0.6 is 11.3 Å². The lowest BCUT2D eigenvalue weighted by Crippen LogP contribution is -2.49. The first-order valence-electron chi connectivity index (χ1n) is 14.2. The van der Waals surface area contributed by atoms with Crippen molar-refractivity contribution in [1.82, 2.24) is 30.2 Å². The van der Waals surface area contributed by atoms with Crippen LogP contribution in [-0.2, 0) is 10.0 Å². The first-order chi connectivity index (χ1) is 19.7. The summed E-state index contributed by atoms with van der Waals surface area (Å²) < 4.78 is 33.4. The molecule has 0 unspecified atom stereocenters. The van der Waals surface area contributed by atoms with E-state index in [0.717, 1.165) is 36.4 Å². The van der Waals surface area contributed by atoms with E-state index in [1.807, 2.05) is 13.0 Å². The van der Waals surface area contributed by atoms with Crippen molar-refractivity contribution in [2.75, 3.05) is 24.4 Å². The molecule has 0 bridgehead atoms. The van der Waals surface area contributed by atoms with Crippen molar-refractivity contribution < 1.29 is 17.9 Å². The maximum Gasteiger partial charge on any atom is 0.280 e. The zero-order valence-corrected chi connectivity index (χ0v) is 25.2. The quantitative estimate of drug-likeness (QED) is 0.315. The van der Waals surface area contributed by atoms with Crippen LogP contribution in [-0.4, -0.2) is 76.2 Å². The number of sulfonamides is 1. The van der Waals surface area contributed by atoms with E-state index in [2.05, 4.69) is 48.7 Å². The van der Waals surface area contributed by atoms with Crippen LogP contribution in [0, 0.1) is 0 Å². The molecule has 41 heavy (non-hydrogen) atoms. The number of hydrogen-bond acceptors (Lipinski definition) is 10. The van der Waals surface area contributed by atoms with E-state index < -0.39 is 10.0 Å². The van der Waals surface area contributed by atoms with E-state index in [-0.39, 0.29) is 23.1 Å². The number of nitrogens with zero attached hydrogens (tertiary/aromatic N) is 5. The molecule has 0 aromatic carbocycles. The van der Waals surface area contributed by atoms with E-state index in [0.29, 0.717) is 54.3 Å². The average Bonchev–Trinajstić information content (AvgIpc) is 3.71. The van der Waals surface area contributed by atoms with Gasteiger partial charge in [0.05, 0.1) is 34.8 Å². The number of aromatic nitrogens is 4. The summed E-state index contributed by atoms with van der Waals surface area (Å²) in [6, 6.07) is 3.97. The normalized spacial score (nSPS) is 18.7. The van der Waals surface area contributed by atoms with Crippen molar-refractivity contribution in [2.24, 2.45) is 0 Å². The van der Waals surface area contributed by atoms with Crippen LogP contribution in [0.4, 0.5) is 5.69 Å². The van der Waals surface area contributed by atoms with Crippen LogP contribution in [0.5, 0.6) is 5.88 Å². The predicted octanol–water partition coefficient (Wildman–Crippen LogP) is 4.07. The van der Waals surface area contributed by atoms with E-state index in [1.165, 1.54) is 11.3 Å². The third-order valence-corrected chi connectivity index (χ3v) is 10.3. The van der Waals surface area contributed by atoms with E-state index >= 15 is 0 Å². The Bertz CT molecular complexity index is 1460. The van der Waals surface area contributed by atoms with Crippen molar-refractivity contribution in [3.63, 3.8) is 0 Å². The molecular formula is C28H37N7O4S2. The maximum absolute atomic E-state index is 13.3. The van der Waals surface area contributed by atoms with Gasteiger partial charge in [0.25, 0.3) is 5.91 Å².